The highest BCUT2D eigenvalue weighted by Crippen LogP contribution is 2.21. The zero-order chi connectivity index (χ0) is 21.7. The van der Waals surface area contributed by atoms with Gasteiger partial charge in [-0.15, -0.1) is 0 Å². The number of benzene rings is 1. The molecule has 1 aromatic heterocycles. The summed E-state index contributed by atoms with van der Waals surface area (Å²) in [6.07, 6.45) is 0.617. The zero-order valence-electron chi connectivity index (χ0n) is 16.1. The van der Waals surface area contributed by atoms with Gasteiger partial charge in [0.05, 0.1) is 5.56 Å². The molecule has 0 aliphatic carbocycles. The van der Waals surface area contributed by atoms with Gasteiger partial charge < -0.3 is 20.9 Å². The number of aromatic nitrogens is 1. The number of amides is 3. The lowest BCUT2D eigenvalue weighted by Crippen LogP contribution is -2.63. The van der Waals surface area contributed by atoms with E-state index in [2.05, 4.69) is 10.3 Å². The Hall–Kier alpha value is -3.04. The van der Waals surface area contributed by atoms with Crippen LogP contribution < -0.4 is 11.1 Å². The second-order valence-corrected chi connectivity index (χ2v) is 7.07. The molecule has 1 aliphatic heterocycles. The van der Waals surface area contributed by atoms with Crippen LogP contribution in [0.15, 0.2) is 42.6 Å². The molecule has 10 heteroatoms. The fourth-order valence-electron chi connectivity index (χ4n) is 3.25. The van der Waals surface area contributed by atoms with Gasteiger partial charge in [0.15, 0.2) is 6.17 Å². The van der Waals surface area contributed by atoms with E-state index in [-0.39, 0.29) is 42.5 Å². The highest BCUT2D eigenvalue weighted by molar-refractivity contribution is 6.29. The second kappa shape index (κ2) is 9.64. The van der Waals surface area contributed by atoms with Crippen molar-refractivity contribution in [1.82, 2.24) is 20.1 Å². The van der Waals surface area contributed by atoms with Crippen molar-refractivity contribution in [3.63, 3.8) is 0 Å². The van der Waals surface area contributed by atoms with Gasteiger partial charge in [0.25, 0.3) is 17.7 Å². The van der Waals surface area contributed by atoms with Gasteiger partial charge in [-0.25, -0.2) is 9.37 Å². The number of nitrogens with two attached hydrogens (primary N) is 1. The fraction of sp³-hybridized carbons (Fsp3) is 0.300. The summed E-state index contributed by atoms with van der Waals surface area (Å²) < 4.78 is 13.3. The molecule has 3 amide bonds. The van der Waals surface area contributed by atoms with E-state index in [0.29, 0.717) is 6.42 Å². The van der Waals surface area contributed by atoms with Crippen molar-refractivity contribution >= 4 is 29.3 Å². The molecule has 3 rings (SSSR count). The lowest BCUT2D eigenvalue weighted by atomic mass is 10.1. The molecule has 1 unspecified atom stereocenters. The summed E-state index contributed by atoms with van der Waals surface area (Å²) in [5.74, 6) is -1.93. The Bertz CT molecular complexity index is 858. The summed E-state index contributed by atoms with van der Waals surface area (Å²) >= 11 is 5.79. The van der Waals surface area contributed by atoms with Gasteiger partial charge in [0.2, 0.25) is 0 Å². The molecule has 0 saturated carbocycles. The Morgan fingerprint density at radius 1 is 1.07 bits per heavy atom. The number of nitrogens with one attached hydrogen (secondary N) is 1. The van der Waals surface area contributed by atoms with E-state index < -0.39 is 29.7 Å². The van der Waals surface area contributed by atoms with Crippen LogP contribution in [-0.4, -0.2) is 64.9 Å². The van der Waals surface area contributed by atoms with Crippen molar-refractivity contribution in [3.05, 3.63) is 64.7 Å². The van der Waals surface area contributed by atoms with Crippen LogP contribution in [0.2, 0.25) is 5.15 Å². The third-order valence-electron chi connectivity index (χ3n) is 4.65. The third-order valence-corrected chi connectivity index (χ3v) is 4.88. The monoisotopic (exact) mass is 433 g/mol. The molecule has 2 aromatic rings. The van der Waals surface area contributed by atoms with E-state index in [1.807, 2.05) is 0 Å². The second-order valence-electron chi connectivity index (χ2n) is 6.68. The van der Waals surface area contributed by atoms with Crippen molar-refractivity contribution in [2.24, 2.45) is 5.73 Å². The van der Waals surface area contributed by atoms with E-state index in [1.165, 1.54) is 52.4 Å². The van der Waals surface area contributed by atoms with Crippen LogP contribution in [-0.2, 0) is 4.79 Å². The molecule has 0 spiro atoms. The molecule has 1 aliphatic rings. The van der Waals surface area contributed by atoms with Crippen molar-refractivity contribution in [3.8, 4) is 0 Å². The molecule has 8 nitrogen and oxygen atoms in total. The highest BCUT2D eigenvalue weighted by atomic mass is 35.5. The van der Waals surface area contributed by atoms with Gasteiger partial charge in [0, 0.05) is 37.9 Å². The molecule has 158 valence electrons. The predicted molar refractivity (Wildman–Crippen MR) is 108 cm³/mol. The molecule has 1 aromatic carbocycles. The summed E-state index contributed by atoms with van der Waals surface area (Å²) in [5.41, 5.74) is 5.93. The topological polar surface area (TPSA) is 109 Å². The van der Waals surface area contributed by atoms with E-state index in [1.54, 1.807) is 0 Å². The Balaban J connectivity index is 1.93. The standard InChI is InChI=1S/C20H21ClFN5O3/c21-16-7-4-14(12-25-16)20(30)27-11-1-10-26(18(27)17(28)24-9-8-23)19(29)13-2-5-15(22)6-3-13/h2-7,12,18H,1,8-11,23H2,(H,24,28). The van der Waals surface area contributed by atoms with Crippen LogP contribution in [0.25, 0.3) is 0 Å². The van der Waals surface area contributed by atoms with E-state index >= 15 is 0 Å². The normalized spacial score (nSPS) is 16.3. The van der Waals surface area contributed by atoms with Crippen LogP contribution in [0.4, 0.5) is 4.39 Å². The SMILES string of the molecule is NCCNC(=O)C1N(C(=O)c2ccc(F)cc2)CCCN1C(=O)c1ccc(Cl)nc1. The lowest BCUT2D eigenvalue weighted by Gasteiger charge is -2.42. The van der Waals surface area contributed by atoms with Gasteiger partial charge in [-0.05, 0) is 42.8 Å². The smallest absolute Gasteiger partial charge is 0.263 e. The van der Waals surface area contributed by atoms with Gasteiger partial charge in [-0.3, -0.25) is 14.4 Å². The Labute approximate surface area is 177 Å². The summed E-state index contributed by atoms with van der Waals surface area (Å²) in [6, 6.07) is 8.01. The zero-order valence-corrected chi connectivity index (χ0v) is 16.8. The number of halogens is 2. The van der Waals surface area contributed by atoms with Crippen LogP contribution in [0.1, 0.15) is 27.1 Å². The Morgan fingerprint density at radius 3 is 2.23 bits per heavy atom. The maximum atomic E-state index is 13.3. The molecule has 0 bridgehead atoms. The average molecular weight is 434 g/mol. The number of nitrogens with zero attached hydrogens (tertiary/aromatic N) is 3. The van der Waals surface area contributed by atoms with Gasteiger partial charge >= 0.3 is 0 Å². The quantitative estimate of drug-likeness (QED) is 0.690. The number of rotatable bonds is 5. The highest BCUT2D eigenvalue weighted by Gasteiger charge is 2.40. The van der Waals surface area contributed by atoms with E-state index in [4.69, 9.17) is 17.3 Å². The van der Waals surface area contributed by atoms with Crippen molar-refractivity contribution in [2.45, 2.75) is 12.6 Å². The average Bonchev–Trinajstić information content (AvgIpc) is 2.77. The molecule has 1 fully saturated rings. The number of hydrogen-bond acceptors (Lipinski definition) is 5. The number of hydrogen-bond donors (Lipinski definition) is 2. The van der Waals surface area contributed by atoms with Gasteiger partial charge in [0.1, 0.15) is 11.0 Å². The molecule has 30 heavy (non-hydrogen) atoms. The largest absolute Gasteiger partial charge is 0.351 e. The Morgan fingerprint density at radius 2 is 1.67 bits per heavy atom. The Kier molecular flexibility index (Phi) is 6.96. The lowest BCUT2D eigenvalue weighted by molar-refractivity contribution is -0.132. The molecule has 2 heterocycles. The first-order chi connectivity index (χ1) is 14.4. The summed E-state index contributed by atoms with van der Waals surface area (Å²) in [4.78, 5) is 45.6. The van der Waals surface area contributed by atoms with Crippen molar-refractivity contribution in [2.75, 3.05) is 26.2 Å². The molecular formula is C20H21ClFN5O3. The predicted octanol–water partition coefficient (Wildman–Crippen LogP) is 1.26. The number of carbonyl (C=O) groups excluding carboxylic acids is 3. The minimum atomic E-state index is -1.17. The van der Waals surface area contributed by atoms with Gasteiger partial charge in [-0.1, -0.05) is 11.6 Å². The van der Waals surface area contributed by atoms with Crippen LogP contribution >= 0.6 is 11.6 Å². The van der Waals surface area contributed by atoms with Crippen LogP contribution in [0.3, 0.4) is 0 Å². The number of pyridine rings is 1. The van der Waals surface area contributed by atoms with E-state index in [9.17, 15) is 18.8 Å². The van der Waals surface area contributed by atoms with Crippen LogP contribution in [0, 0.1) is 5.82 Å². The summed E-state index contributed by atoms with van der Waals surface area (Å²) in [7, 11) is 0. The molecule has 1 saturated heterocycles. The summed E-state index contributed by atoms with van der Waals surface area (Å²) in [6.45, 7) is 0.937. The maximum absolute atomic E-state index is 13.3. The molecule has 3 N–H and O–H groups in total. The molecular weight excluding hydrogens is 413 g/mol. The first-order valence-electron chi connectivity index (χ1n) is 9.39. The minimum Gasteiger partial charge on any atom is -0.351 e. The third kappa shape index (κ3) is 4.74. The first-order valence-corrected chi connectivity index (χ1v) is 9.77. The van der Waals surface area contributed by atoms with Crippen molar-refractivity contribution < 1.29 is 18.8 Å². The summed E-state index contributed by atoms with van der Waals surface area (Å²) in [5, 5.41) is 2.88. The number of carbonyl (C=O) groups is 3. The maximum Gasteiger partial charge on any atom is 0.263 e. The van der Waals surface area contributed by atoms with E-state index in [0.717, 1.165) is 0 Å². The van der Waals surface area contributed by atoms with Gasteiger partial charge in [-0.2, -0.15) is 0 Å². The fourth-order valence-corrected chi connectivity index (χ4v) is 3.36. The molecule has 0 radical (unpaired) electrons. The van der Waals surface area contributed by atoms with Crippen molar-refractivity contribution in [1.29, 1.82) is 0 Å². The molecule has 1 atom stereocenters. The minimum absolute atomic E-state index is 0.193. The van der Waals surface area contributed by atoms with Crippen LogP contribution in [0.5, 0.6) is 0 Å². The first kappa shape index (κ1) is 21.7.